The zero-order valence-electron chi connectivity index (χ0n) is 11.6. The molecule has 1 aromatic rings. The fraction of sp³-hybridized carbons (Fsp3) is 0.625. The second kappa shape index (κ2) is 6.15. The van der Waals surface area contributed by atoms with Gasteiger partial charge in [-0.15, -0.1) is 0 Å². The summed E-state index contributed by atoms with van der Waals surface area (Å²) in [6, 6.07) is 5.88. The average Bonchev–Trinajstić information content (AvgIpc) is 2.32. The maximum absolute atomic E-state index is 10.4. The van der Waals surface area contributed by atoms with Crippen LogP contribution in [0.1, 0.15) is 45.1 Å². The first kappa shape index (κ1) is 15.3. The molecule has 0 amide bonds. The van der Waals surface area contributed by atoms with Crippen molar-refractivity contribution >= 4 is 27.5 Å². The highest BCUT2D eigenvalue weighted by Gasteiger charge is 2.30. The van der Waals surface area contributed by atoms with Gasteiger partial charge in [0.05, 0.1) is 6.10 Å². The van der Waals surface area contributed by atoms with Gasteiger partial charge in [0.25, 0.3) is 0 Å². The molecule has 1 aliphatic rings. The Bertz CT molecular complexity index is 434. The predicted octanol–water partition coefficient (Wildman–Crippen LogP) is 5.22. The summed E-state index contributed by atoms with van der Waals surface area (Å²) in [5, 5.41) is 11.2. The van der Waals surface area contributed by atoms with E-state index in [0.717, 1.165) is 27.9 Å². The summed E-state index contributed by atoms with van der Waals surface area (Å²) in [5.41, 5.74) is 1.49. The van der Waals surface area contributed by atoms with Gasteiger partial charge in [-0.25, -0.2) is 0 Å². The third-order valence-corrected chi connectivity index (χ3v) is 5.22. The minimum absolute atomic E-state index is 0.269. The van der Waals surface area contributed by atoms with Crippen molar-refractivity contribution in [1.29, 1.82) is 0 Å². The van der Waals surface area contributed by atoms with Gasteiger partial charge in [-0.05, 0) is 54.7 Å². The van der Waals surface area contributed by atoms with Crippen LogP contribution in [-0.2, 0) is 6.42 Å². The quantitative estimate of drug-likeness (QED) is 0.796. The lowest BCUT2D eigenvalue weighted by molar-refractivity contribution is 0.0576. The zero-order chi connectivity index (χ0) is 14.0. The van der Waals surface area contributed by atoms with E-state index in [1.807, 2.05) is 18.2 Å². The monoisotopic (exact) mass is 344 g/mol. The maximum atomic E-state index is 10.4. The molecule has 1 nitrogen and oxygen atoms in total. The van der Waals surface area contributed by atoms with Gasteiger partial charge in [0.2, 0.25) is 0 Å². The van der Waals surface area contributed by atoms with Crippen molar-refractivity contribution < 1.29 is 5.11 Å². The molecule has 0 radical (unpaired) electrons. The van der Waals surface area contributed by atoms with Crippen molar-refractivity contribution in [2.45, 2.75) is 52.1 Å². The summed E-state index contributed by atoms with van der Waals surface area (Å²) in [6.07, 6.45) is 5.07. The van der Waals surface area contributed by atoms with Crippen molar-refractivity contribution in [2.75, 3.05) is 0 Å². The number of aliphatic hydroxyl groups is 1. The van der Waals surface area contributed by atoms with E-state index < -0.39 is 0 Å². The van der Waals surface area contributed by atoms with Crippen LogP contribution >= 0.6 is 27.5 Å². The normalized spacial score (nSPS) is 21.3. The molecule has 0 spiro atoms. The molecule has 3 heteroatoms. The highest BCUT2D eigenvalue weighted by Crippen LogP contribution is 2.40. The van der Waals surface area contributed by atoms with Crippen LogP contribution < -0.4 is 0 Å². The lowest BCUT2D eigenvalue weighted by Crippen LogP contribution is -2.30. The van der Waals surface area contributed by atoms with Crippen LogP contribution in [0.25, 0.3) is 0 Å². The van der Waals surface area contributed by atoms with E-state index in [1.54, 1.807) is 0 Å². The summed E-state index contributed by atoms with van der Waals surface area (Å²) in [5.74, 6) is 0.424. The lowest BCUT2D eigenvalue weighted by atomic mass is 9.71. The fourth-order valence-corrected chi connectivity index (χ4v) is 3.64. The van der Waals surface area contributed by atoms with Gasteiger partial charge >= 0.3 is 0 Å². The van der Waals surface area contributed by atoms with E-state index in [4.69, 9.17) is 11.6 Å². The Morgan fingerprint density at radius 2 is 2.00 bits per heavy atom. The summed E-state index contributed by atoms with van der Waals surface area (Å²) < 4.78 is 0.982. The van der Waals surface area contributed by atoms with Gasteiger partial charge in [-0.2, -0.15) is 0 Å². The maximum Gasteiger partial charge on any atom is 0.0609 e. The van der Waals surface area contributed by atoms with E-state index in [0.29, 0.717) is 17.8 Å². The van der Waals surface area contributed by atoms with Gasteiger partial charge < -0.3 is 5.11 Å². The van der Waals surface area contributed by atoms with E-state index in [9.17, 15) is 5.11 Å². The number of hydrogen-bond acceptors (Lipinski definition) is 1. The van der Waals surface area contributed by atoms with Crippen molar-refractivity contribution in [3.05, 3.63) is 33.3 Å². The molecule has 1 atom stereocenters. The standard InChI is InChI=1S/C16H22BrClO/c1-16(2)7-5-11(6-8-16)15(19)9-12-3-4-13(17)10-14(12)18/h3-4,10-11,15,19H,5-9H2,1-2H3. The van der Waals surface area contributed by atoms with Gasteiger partial charge in [0.1, 0.15) is 0 Å². The average molecular weight is 346 g/mol. The van der Waals surface area contributed by atoms with Crippen molar-refractivity contribution in [3.8, 4) is 0 Å². The predicted molar refractivity (Wildman–Crippen MR) is 84.6 cm³/mol. The molecule has 1 aromatic carbocycles. The molecule has 0 aliphatic heterocycles. The van der Waals surface area contributed by atoms with Crippen LogP contribution in [0.2, 0.25) is 5.02 Å². The topological polar surface area (TPSA) is 20.2 Å². The van der Waals surface area contributed by atoms with Crippen LogP contribution in [0.15, 0.2) is 22.7 Å². The van der Waals surface area contributed by atoms with Crippen molar-refractivity contribution in [3.63, 3.8) is 0 Å². The van der Waals surface area contributed by atoms with Crippen LogP contribution in [-0.4, -0.2) is 11.2 Å². The molecule has 1 unspecified atom stereocenters. The second-order valence-electron chi connectivity index (χ2n) is 6.51. The summed E-state index contributed by atoms with van der Waals surface area (Å²) >= 11 is 9.62. The highest BCUT2D eigenvalue weighted by atomic mass is 79.9. The third-order valence-electron chi connectivity index (χ3n) is 4.37. The second-order valence-corrected chi connectivity index (χ2v) is 7.83. The Morgan fingerprint density at radius 3 is 2.58 bits per heavy atom. The zero-order valence-corrected chi connectivity index (χ0v) is 14.0. The summed E-state index contributed by atoms with van der Waals surface area (Å²) in [6.45, 7) is 4.64. The Kier molecular flexibility index (Phi) is 4.97. The minimum atomic E-state index is -0.269. The Labute approximate surface area is 129 Å². The molecular weight excluding hydrogens is 324 g/mol. The van der Waals surface area contributed by atoms with E-state index >= 15 is 0 Å². The molecule has 1 fully saturated rings. The number of rotatable bonds is 3. The van der Waals surface area contributed by atoms with Crippen LogP contribution in [0, 0.1) is 11.3 Å². The van der Waals surface area contributed by atoms with Gasteiger partial charge in [0.15, 0.2) is 0 Å². The van der Waals surface area contributed by atoms with Gasteiger partial charge in [-0.3, -0.25) is 0 Å². The van der Waals surface area contributed by atoms with E-state index in [1.165, 1.54) is 12.8 Å². The van der Waals surface area contributed by atoms with Crippen LogP contribution in [0.3, 0.4) is 0 Å². The molecule has 0 saturated heterocycles. The van der Waals surface area contributed by atoms with Gasteiger partial charge in [-0.1, -0.05) is 47.4 Å². The molecular formula is C16H22BrClO. The Balaban J connectivity index is 1.96. The third kappa shape index (κ3) is 4.21. The smallest absolute Gasteiger partial charge is 0.0609 e. The molecule has 2 rings (SSSR count). The molecule has 1 N–H and O–H groups in total. The molecule has 106 valence electrons. The summed E-state index contributed by atoms with van der Waals surface area (Å²) in [7, 11) is 0. The summed E-state index contributed by atoms with van der Waals surface area (Å²) in [4.78, 5) is 0. The highest BCUT2D eigenvalue weighted by molar-refractivity contribution is 9.10. The molecule has 0 aromatic heterocycles. The molecule has 1 saturated carbocycles. The number of benzene rings is 1. The molecule has 0 bridgehead atoms. The molecule has 0 heterocycles. The first-order valence-electron chi connectivity index (χ1n) is 6.99. The number of hydrogen-bond donors (Lipinski definition) is 1. The Hall–Kier alpha value is -0.0500. The minimum Gasteiger partial charge on any atom is -0.392 e. The van der Waals surface area contributed by atoms with Crippen LogP contribution in [0.5, 0.6) is 0 Å². The first-order valence-corrected chi connectivity index (χ1v) is 8.16. The molecule has 19 heavy (non-hydrogen) atoms. The largest absolute Gasteiger partial charge is 0.392 e. The van der Waals surface area contributed by atoms with Crippen molar-refractivity contribution in [1.82, 2.24) is 0 Å². The number of halogens is 2. The van der Waals surface area contributed by atoms with Gasteiger partial charge in [0, 0.05) is 15.9 Å². The number of aliphatic hydroxyl groups excluding tert-OH is 1. The van der Waals surface area contributed by atoms with Crippen molar-refractivity contribution in [2.24, 2.45) is 11.3 Å². The molecule has 1 aliphatic carbocycles. The van der Waals surface area contributed by atoms with E-state index in [2.05, 4.69) is 29.8 Å². The van der Waals surface area contributed by atoms with Crippen LogP contribution in [0.4, 0.5) is 0 Å². The fourth-order valence-electron chi connectivity index (χ4n) is 2.89. The lowest BCUT2D eigenvalue weighted by Gasteiger charge is -2.36. The van der Waals surface area contributed by atoms with E-state index in [-0.39, 0.29) is 6.10 Å². The first-order chi connectivity index (χ1) is 8.87. The SMILES string of the molecule is CC1(C)CCC(C(O)Cc2ccc(Br)cc2Cl)CC1. The Morgan fingerprint density at radius 1 is 1.37 bits per heavy atom.